The number of aromatic nitrogens is 2. The Kier molecular flexibility index (Phi) is 6.86. The molecule has 0 radical (unpaired) electrons. The first-order chi connectivity index (χ1) is 17.0. The van der Waals surface area contributed by atoms with E-state index in [1.54, 1.807) is 0 Å². The van der Waals surface area contributed by atoms with Crippen molar-refractivity contribution in [2.75, 3.05) is 13.1 Å². The van der Waals surface area contributed by atoms with Crippen molar-refractivity contribution in [3.63, 3.8) is 0 Å². The molecule has 2 saturated heterocycles. The minimum Gasteiger partial charge on any atom is -0.350 e. The SMILES string of the molecule is Cc1ccc(C[C@@H]2C[C@@H](C(=O)NCc3ccc4c(cnn4C)c3)N(C(=O)[C@H]3CCCCN3)C2)cc1. The lowest BCUT2D eigenvalue weighted by Gasteiger charge is -2.30. The van der Waals surface area contributed by atoms with Gasteiger partial charge in [0.2, 0.25) is 11.8 Å². The molecule has 0 spiro atoms. The van der Waals surface area contributed by atoms with Crippen LogP contribution in [0.4, 0.5) is 0 Å². The van der Waals surface area contributed by atoms with Gasteiger partial charge in [0.1, 0.15) is 6.04 Å². The Morgan fingerprint density at radius 3 is 2.69 bits per heavy atom. The van der Waals surface area contributed by atoms with Crippen LogP contribution in [0.2, 0.25) is 0 Å². The van der Waals surface area contributed by atoms with Crippen LogP contribution in [-0.2, 0) is 29.6 Å². The van der Waals surface area contributed by atoms with Gasteiger partial charge in [0.15, 0.2) is 0 Å². The zero-order valence-electron chi connectivity index (χ0n) is 20.7. The number of benzene rings is 2. The second-order valence-corrected chi connectivity index (χ2v) is 10.2. The quantitative estimate of drug-likeness (QED) is 0.577. The largest absolute Gasteiger partial charge is 0.350 e. The van der Waals surface area contributed by atoms with E-state index in [0.717, 1.165) is 48.7 Å². The number of piperidine rings is 1. The van der Waals surface area contributed by atoms with Crippen molar-refractivity contribution in [1.82, 2.24) is 25.3 Å². The molecule has 0 bridgehead atoms. The number of rotatable bonds is 6. The Hall–Kier alpha value is -3.19. The Labute approximate surface area is 206 Å². The van der Waals surface area contributed by atoms with E-state index < -0.39 is 6.04 Å². The van der Waals surface area contributed by atoms with Gasteiger partial charge >= 0.3 is 0 Å². The van der Waals surface area contributed by atoms with Crippen LogP contribution in [0.5, 0.6) is 0 Å². The Balaban J connectivity index is 1.28. The molecule has 0 aliphatic carbocycles. The van der Waals surface area contributed by atoms with Crippen molar-refractivity contribution < 1.29 is 9.59 Å². The molecule has 0 saturated carbocycles. The molecule has 3 atom stereocenters. The first-order valence-corrected chi connectivity index (χ1v) is 12.8. The number of nitrogens with zero attached hydrogens (tertiary/aromatic N) is 3. The monoisotopic (exact) mass is 473 g/mol. The number of carbonyl (C=O) groups is 2. The fraction of sp³-hybridized carbons (Fsp3) is 0.464. The molecule has 3 aromatic rings. The molecule has 3 heterocycles. The standard InChI is InChI=1S/C28H35N5O2/c1-19-6-8-20(9-7-19)13-22-15-26(33(18-22)28(35)24-5-3-4-12-29-24)27(34)30-16-21-10-11-25-23(14-21)17-31-32(25)2/h6-11,14,17,22,24,26,29H,3-5,12-13,15-16,18H2,1-2H3,(H,30,34)/t22-,24-,26+/m1/s1. The summed E-state index contributed by atoms with van der Waals surface area (Å²) in [6, 6.07) is 14.1. The molecular weight excluding hydrogens is 438 g/mol. The molecule has 5 rings (SSSR count). The Morgan fingerprint density at radius 1 is 1.11 bits per heavy atom. The van der Waals surface area contributed by atoms with Crippen LogP contribution in [0.3, 0.4) is 0 Å². The number of nitrogens with one attached hydrogen (secondary N) is 2. The lowest BCUT2D eigenvalue weighted by atomic mass is 9.96. The van der Waals surface area contributed by atoms with Gasteiger partial charge in [-0.2, -0.15) is 5.10 Å². The molecule has 0 unspecified atom stereocenters. The minimum absolute atomic E-state index is 0.0631. The number of hydrogen-bond donors (Lipinski definition) is 2. The van der Waals surface area contributed by atoms with Crippen LogP contribution in [0.1, 0.15) is 42.4 Å². The van der Waals surface area contributed by atoms with Crippen LogP contribution >= 0.6 is 0 Å². The van der Waals surface area contributed by atoms with Crippen molar-refractivity contribution in [3.05, 3.63) is 65.4 Å². The summed E-state index contributed by atoms with van der Waals surface area (Å²) in [4.78, 5) is 28.7. The molecule has 2 N–H and O–H groups in total. The van der Waals surface area contributed by atoms with Crippen molar-refractivity contribution >= 4 is 22.7 Å². The highest BCUT2D eigenvalue weighted by atomic mass is 16.2. The highest BCUT2D eigenvalue weighted by Gasteiger charge is 2.41. The summed E-state index contributed by atoms with van der Waals surface area (Å²) in [6.07, 6.45) is 6.41. The number of fused-ring (bicyclic) bond motifs is 1. The van der Waals surface area contributed by atoms with E-state index >= 15 is 0 Å². The molecule has 7 heteroatoms. The van der Waals surface area contributed by atoms with Crippen LogP contribution in [0.25, 0.3) is 10.9 Å². The van der Waals surface area contributed by atoms with E-state index in [9.17, 15) is 9.59 Å². The number of aryl methyl sites for hydroxylation is 2. The second kappa shape index (κ2) is 10.2. The summed E-state index contributed by atoms with van der Waals surface area (Å²) >= 11 is 0. The van der Waals surface area contributed by atoms with E-state index in [0.29, 0.717) is 19.5 Å². The smallest absolute Gasteiger partial charge is 0.243 e. The summed E-state index contributed by atoms with van der Waals surface area (Å²) in [5.74, 6) is 0.285. The van der Waals surface area contributed by atoms with Gasteiger partial charge in [-0.3, -0.25) is 14.3 Å². The molecule has 184 valence electrons. The summed E-state index contributed by atoms with van der Waals surface area (Å²) < 4.78 is 1.84. The van der Waals surface area contributed by atoms with Crippen LogP contribution in [0.15, 0.2) is 48.7 Å². The number of amides is 2. The third-order valence-electron chi connectivity index (χ3n) is 7.50. The first-order valence-electron chi connectivity index (χ1n) is 12.8. The van der Waals surface area contributed by atoms with E-state index in [-0.39, 0.29) is 23.8 Å². The fourth-order valence-corrected chi connectivity index (χ4v) is 5.51. The van der Waals surface area contributed by atoms with E-state index in [2.05, 4.69) is 53.0 Å². The van der Waals surface area contributed by atoms with Gasteiger partial charge in [-0.1, -0.05) is 42.3 Å². The summed E-state index contributed by atoms with van der Waals surface area (Å²) in [7, 11) is 1.92. The van der Waals surface area contributed by atoms with Gasteiger partial charge in [0, 0.05) is 25.5 Å². The summed E-state index contributed by atoms with van der Waals surface area (Å²) in [5, 5.41) is 11.8. The molecule has 2 aliphatic heterocycles. The fourth-order valence-electron chi connectivity index (χ4n) is 5.51. The normalized spacial score (nSPS) is 22.5. The average molecular weight is 474 g/mol. The maximum absolute atomic E-state index is 13.5. The molecule has 2 aliphatic rings. The van der Waals surface area contributed by atoms with Gasteiger partial charge in [0.05, 0.1) is 17.8 Å². The molecule has 1 aromatic heterocycles. The second-order valence-electron chi connectivity index (χ2n) is 10.2. The Bertz CT molecular complexity index is 1200. The van der Waals surface area contributed by atoms with Crippen LogP contribution < -0.4 is 10.6 Å². The third-order valence-corrected chi connectivity index (χ3v) is 7.50. The average Bonchev–Trinajstić information content (AvgIpc) is 3.47. The van der Waals surface area contributed by atoms with Crippen LogP contribution in [-0.4, -0.2) is 51.7 Å². The van der Waals surface area contributed by atoms with Crippen molar-refractivity contribution in [2.45, 2.75) is 57.7 Å². The van der Waals surface area contributed by atoms with E-state index in [4.69, 9.17) is 0 Å². The zero-order chi connectivity index (χ0) is 24.4. The predicted octanol–water partition coefficient (Wildman–Crippen LogP) is 3.10. The Morgan fingerprint density at radius 2 is 1.91 bits per heavy atom. The lowest BCUT2D eigenvalue weighted by Crippen LogP contribution is -2.53. The predicted molar refractivity (Wildman–Crippen MR) is 137 cm³/mol. The number of hydrogen-bond acceptors (Lipinski definition) is 4. The molecule has 7 nitrogen and oxygen atoms in total. The minimum atomic E-state index is -0.427. The summed E-state index contributed by atoms with van der Waals surface area (Å²) in [6.45, 7) is 4.02. The maximum atomic E-state index is 13.5. The zero-order valence-corrected chi connectivity index (χ0v) is 20.7. The van der Waals surface area contributed by atoms with E-state index in [1.807, 2.05) is 35.0 Å². The third kappa shape index (κ3) is 5.25. The van der Waals surface area contributed by atoms with Gasteiger partial charge in [-0.05, 0) is 68.3 Å². The van der Waals surface area contributed by atoms with Gasteiger partial charge in [-0.25, -0.2) is 0 Å². The van der Waals surface area contributed by atoms with Gasteiger partial charge < -0.3 is 15.5 Å². The van der Waals surface area contributed by atoms with Gasteiger partial charge in [-0.15, -0.1) is 0 Å². The summed E-state index contributed by atoms with van der Waals surface area (Å²) in [5.41, 5.74) is 4.59. The lowest BCUT2D eigenvalue weighted by molar-refractivity contribution is -0.140. The maximum Gasteiger partial charge on any atom is 0.243 e. The number of carbonyl (C=O) groups excluding carboxylic acids is 2. The molecular formula is C28H35N5O2. The van der Waals surface area contributed by atoms with Gasteiger partial charge in [0.25, 0.3) is 0 Å². The molecule has 2 aromatic carbocycles. The van der Waals surface area contributed by atoms with Crippen molar-refractivity contribution in [2.24, 2.45) is 13.0 Å². The highest BCUT2D eigenvalue weighted by molar-refractivity contribution is 5.90. The first kappa shape index (κ1) is 23.5. The highest BCUT2D eigenvalue weighted by Crippen LogP contribution is 2.28. The van der Waals surface area contributed by atoms with Crippen molar-refractivity contribution in [3.8, 4) is 0 Å². The molecule has 2 fully saturated rings. The van der Waals surface area contributed by atoms with E-state index in [1.165, 1.54) is 11.1 Å². The topological polar surface area (TPSA) is 79.3 Å². The molecule has 2 amide bonds. The van der Waals surface area contributed by atoms with Crippen molar-refractivity contribution in [1.29, 1.82) is 0 Å². The molecule has 35 heavy (non-hydrogen) atoms. The van der Waals surface area contributed by atoms with Crippen LogP contribution in [0, 0.1) is 12.8 Å². The number of likely N-dealkylation sites (tertiary alicyclic amines) is 1.